The summed E-state index contributed by atoms with van der Waals surface area (Å²) in [5.74, 6) is 1.67. The van der Waals surface area contributed by atoms with E-state index in [2.05, 4.69) is 19.9 Å². The van der Waals surface area contributed by atoms with Crippen molar-refractivity contribution in [2.45, 2.75) is 123 Å². The summed E-state index contributed by atoms with van der Waals surface area (Å²) in [7, 11) is 0. The van der Waals surface area contributed by atoms with E-state index < -0.39 is 0 Å². The van der Waals surface area contributed by atoms with E-state index in [1.54, 1.807) is 0 Å². The van der Waals surface area contributed by atoms with Gasteiger partial charge in [-0.3, -0.25) is 0 Å². The molecule has 0 aromatic carbocycles. The van der Waals surface area contributed by atoms with Gasteiger partial charge < -0.3 is 4.74 Å². The van der Waals surface area contributed by atoms with Crippen molar-refractivity contribution in [1.29, 1.82) is 5.26 Å². The van der Waals surface area contributed by atoms with Crippen molar-refractivity contribution in [3.63, 3.8) is 0 Å². The van der Waals surface area contributed by atoms with Gasteiger partial charge in [0.1, 0.15) is 0 Å². The van der Waals surface area contributed by atoms with Gasteiger partial charge in [-0.1, -0.05) is 58.8 Å². The van der Waals surface area contributed by atoms with Crippen molar-refractivity contribution in [2.24, 2.45) is 17.3 Å². The molecule has 0 unspecified atom stereocenters. The van der Waals surface area contributed by atoms with Crippen LogP contribution in [0.25, 0.3) is 0 Å². The third-order valence-corrected chi connectivity index (χ3v) is 7.14. The number of hydrogen-bond acceptors (Lipinski definition) is 2. The van der Waals surface area contributed by atoms with Gasteiger partial charge >= 0.3 is 0 Å². The Balaban J connectivity index is 1.57. The van der Waals surface area contributed by atoms with Crippen LogP contribution in [0.4, 0.5) is 0 Å². The Morgan fingerprint density at radius 3 is 2.15 bits per heavy atom. The highest BCUT2D eigenvalue weighted by Gasteiger charge is 2.35. The number of nitriles is 1. The monoisotopic (exact) mass is 361 g/mol. The Bertz CT molecular complexity index is 397. The molecule has 0 amide bonds. The minimum Gasteiger partial charge on any atom is -0.378 e. The second kappa shape index (κ2) is 12.0. The first-order valence-electron chi connectivity index (χ1n) is 11.7. The van der Waals surface area contributed by atoms with Crippen molar-refractivity contribution >= 4 is 0 Å². The highest BCUT2D eigenvalue weighted by atomic mass is 16.5. The zero-order valence-corrected chi connectivity index (χ0v) is 17.6. The number of hydrogen-bond donors (Lipinski definition) is 0. The van der Waals surface area contributed by atoms with Crippen molar-refractivity contribution in [3.8, 4) is 6.07 Å². The van der Waals surface area contributed by atoms with Gasteiger partial charge in [0, 0.05) is 6.61 Å². The predicted molar refractivity (Wildman–Crippen MR) is 110 cm³/mol. The maximum atomic E-state index is 9.62. The van der Waals surface area contributed by atoms with Gasteiger partial charge in [0.15, 0.2) is 0 Å². The van der Waals surface area contributed by atoms with Crippen LogP contribution in [0.1, 0.15) is 117 Å². The molecule has 0 saturated heterocycles. The molecular weight excluding hydrogens is 318 g/mol. The zero-order valence-electron chi connectivity index (χ0n) is 17.6. The molecule has 2 nitrogen and oxygen atoms in total. The van der Waals surface area contributed by atoms with E-state index in [0.29, 0.717) is 12.0 Å². The van der Waals surface area contributed by atoms with Crippen molar-refractivity contribution < 1.29 is 4.74 Å². The van der Waals surface area contributed by atoms with Crippen LogP contribution < -0.4 is 0 Å². The van der Waals surface area contributed by atoms with E-state index in [4.69, 9.17) is 4.74 Å². The maximum absolute atomic E-state index is 9.62. The zero-order chi connectivity index (χ0) is 18.7. The molecule has 0 spiro atoms. The fourth-order valence-corrected chi connectivity index (χ4v) is 5.05. The smallest absolute Gasteiger partial charge is 0.0689 e. The van der Waals surface area contributed by atoms with Crippen LogP contribution >= 0.6 is 0 Å². The average Bonchev–Trinajstić information content (AvgIpc) is 2.70. The van der Waals surface area contributed by atoms with Crippen LogP contribution in [-0.4, -0.2) is 12.7 Å². The fraction of sp³-hybridized carbons (Fsp3) is 0.958. The quantitative estimate of drug-likeness (QED) is 0.359. The first-order valence-corrected chi connectivity index (χ1v) is 11.7. The predicted octanol–water partition coefficient (Wildman–Crippen LogP) is 7.42. The first-order chi connectivity index (χ1) is 12.7. The molecule has 0 N–H and O–H groups in total. The van der Waals surface area contributed by atoms with E-state index in [-0.39, 0.29) is 5.41 Å². The van der Waals surface area contributed by atoms with Crippen LogP contribution in [0.15, 0.2) is 0 Å². The molecule has 26 heavy (non-hydrogen) atoms. The Morgan fingerprint density at radius 2 is 1.54 bits per heavy atom. The van der Waals surface area contributed by atoms with E-state index in [0.717, 1.165) is 31.8 Å². The summed E-state index contributed by atoms with van der Waals surface area (Å²) < 4.78 is 6.31. The summed E-state index contributed by atoms with van der Waals surface area (Å²) in [6.07, 6.45) is 21.0. The number of rotatable bonds is 11. The Kier molecular flexibility index (Phi) is 10.1. The van der Waals surface area contributed by atoms with Gasteiger partial charge in [0.2, 0.25) is 0 Å². The average molecular weight is 362 g/mol. The largest absolute Gasteiger partial charge is 0.378 e. The lowest BCUT2D eigenvalue weighted by molar-refractivity contribution is -0.0134. The Morgan fingerprint density at radius 1 is 0.846 bits per heavy atom. The summed E-state index contributed by atoms with van der Waals surface area (Å²) in [5, 5.41) is 9.62. The van der Waals surface area contributed by atoms with Gasteiger partial charge in [0.05, 0.1) is 17.6 Å². The van der Waals surface area contributed by atoms with E-state index in [1.165, 1.54) is 83.5 Å². The summed E-state index contributed by atoms with van der Waals surface area (Å²) >= 11 is 0. The molecule has 2 fully saturated rings. The molecular formula is C24H43NO. The van der Waals surface area contributed by atoms with Crippen LogP contribution in [0.2, 0.25) is 0 Å². The Labute approximate surface area is 163 Å². The standard InChI is InChI=1S/C24H43NO/c1-3-5-7-8-9-21-10-12-23(13-11-21)26-19-22-14-17-24(20-25,18-15-22)16-6-4-2/h21-23H,3-19H2,1-2H3/t21-,22-,23-,24-. The molecule has 0 heterocycles. The topological polar surface area (TPSA) is 33.0 Å². The number of nitrogens with zero attached hydrogens (tertiary/aromatic N) is 1. The normalized spacial score (nSPS) is 32.3. The summed E-state index contributed by atoms with van der Waals surface area (Å²) in [5.41, 5.74) is -0.0116. The van der Waals surface area contributed by atoms with Gasteiger partial charge in [-0.25, -0.2) is 0 Å². The third kappa shape index (κ3) is 7.22. The van der Waals surface area contributed by atoms with Crippen molar-refractivity contribution in [3.05, 3.63) is 0 Å². The fourth-order valence-electron chi connectivity index (χ4n) is 5.05. The van der Waals surface area contributed by atoms with Gasteiger partial charge in [-0.05, 0) is 69.6 Å². The molecule has 0 atom stereocenters. The minimum absolute atomic E-state index is 0.0116. The first kappa shape index (κ1) is 21.7. The number of ether oxygens (including phenoxy) is 1. The highest BCUT2D eigenvalue weighted by Crippen LogP contribution is 2.42. The third-order valence-electron chi connectivity index (χ3n) is 7.14. The highest BCUT2D eigenvalue weighted by molar-refractivity contribution is 5.01. The van der Waals surface area contributed by atoms with Crippen LogP contribution in [0, 0.1) is 28.6 Å². The lowest BCUT2D eigenvalue weighted by Gasteiger charge is -2.36. The molecule has 0 aliphatic heterocycles. The summed E-state index contributed by atoms with van der Waals surface area (Å²) in [6, 6.07) is 2.67. The molecule has 0 aromatic heterocycles. The molecule has 2 aliphatic carbocycles. The SMILES string of the molecule is CCCCCC[C@H]1CC[C@H](OC[C@H]2CC[C@@](C#N)(CCCC)CC2)CC1. The van der Waals surface area contributed by atoms with E-state index in [1.807, 2.05) is 0 Å². The summed E-state index contributed by atoms with van der Waals surface area (Å²) in [4.78, 5) is 0. The second-order valence-electron chi connectivity index (χ2n) is 9.26. The molecule has 0 bridgehead atoms. The van der Waals surface area contributed by atoms with Gasteiger partial charge in [-0.2, -0.15) is 5.26 Å². The summed E-state index contributed by atoms with van der Waals surface area (Å²) in [6.45, 7) is 5.46. The molecule has 2 aliphatic rings. The van der Waals surface area contributed by atoms with Gasteiger partial charge in [0.25, 0.3) is 0 Å². The molecule has 2 heteroatoms. The minimum atomic E-state index is -0.0116. The van der Waals surface area contributed by atoms with E-state index in [9.17, 15) is 5.26 Å². The lowest BCUT2D eigenvalue weighted by Crippen LogP contribution is -2.30. The molecule has 0 aromatic rings. The van der Waals surface area contributed by atoms with Crippen LogP contribution in [0.5, 0.6) is 0 Å². The Hall–Kier alpha value is -0.550. The molecule has 2 saturated carbocycles. The van der Waals surface area contributed by atoms with Crippen molar-refractivity contribution in [2.75, 3.05) is 6.61 Å². The van der Waals surface area contributed by atoms with E-state index >= 15 is 0 Å². The maximum Gasteiger partial charge on any atom is 0.0689 e. The van der Waals surface area contributed by atoms with Crippen LogP contribution in [0.3, 0.4) is 0 Å². The van der Waals surface area contributed by atoms with Crippen LogP contribution in [-0.2, 0) is 4.74 Å². The molecule has 2 rings (SSSR count). The molecule has 0 radical (unpaired) electrons. The second-order valence-corrected chi connectivity index (χ2v) is 9.26. The van der Waals surface area contributed by atoms with Gasteiger partial charge in [-0.15, -0.1) is 0 Å². The number of unbranched alkanes of at least 4 members (excludes halogenated alkanes) is 4. The molecule has 150 valence electrons. The lowest BCUT2D eigenvalue weighted by atomic mass is 9.69. The van der Waals surface area contributed by atoms with Crippen molar-refractivity contribution in [1.82, 2.24) is 0 Å².